The Morgan fingerprint density at radius 2 is 2.04 bits per heavy atom. The summed E-state index contributed by atoms with van der Waals surface area (Å²) in [5, 5.41) is 3.88. The topological polar surface area (TPSA) is 34.0 Å². The molecular formula is C18H16BrFN2O. The van der Waals surface area contributed by atoms with E-state index in [0.29, 0.717) is 10.2 Å². The molecule has 0 aliphatic heterocycles. The Hall–Kier alpha value is -2.14. The molecule has 0 saturated heterocycles. The van der Waals surface area contributed by atoms with Crippen LogP contribution in [0.25, 0.3) is 10.9 Å². The third kappa shape index (κ3) is 3.29. The molecule has 3 nitrogen and oxygen atoms in total. The van der Waals surface area contributed by atoms with Crippen molar-refractivity contribution in [2.24, 2.45) is 0 Å². The van der Waals surface area contributed by atoms with Crippen molar-refractivity contribution in [1.82, 2.24) is 4.57 Å². The zero-order chi connectivity index (χ0) is 16.4. The van der Waals surface area contributed by atoms with Gasteiger partial charge in [-0.1, -0.05) is 6.92 Å². The van der Waals surface area contributed by atoms with Crippen molar-refractivity contribution >= 4 is 38.4 Å². The Morgan fingerprint density at radius 3 is 2.83 bits per heavy atom. The van der Waals surface area contributed by atoms with Gasteiger partial charge in [-0.25, -0.2) is 4.39 Å². The van der Waals surface area contributed by atoms with Crippen molar-refractivity contribution < 1.29 is 9.18 Å². The molecule has 1 N–H and O–H groups in total. The lowest BCUT2D eigenvalue weighted by atomic mass is 10.2. The molecule has 0 atom stereocenters. The average molecular weight is 375 g/mol. The Morgan fingerprint density at radius 1 is 1.22 bits per heavy atom. The molecule has 0 saturated carbocycles. The van der Waals surface area contributed by atoms with Gasteiger partial charge in [-0.15, -0.1) is 0 Å². The lowest BCUT2D eigenvalue weighted by Gasteiger charge is -2.08. The quantitative estimate of drug-likeness (QED) is 0.668. The van der Waals surface area contributed by atoms with E-state index >= 15 is 0 Å². The second-order valence-electron chi connectivity index (χ2n) is 5.36. The van der Waals surface area contributed by atoms with Crippen LogP contribution in [0, 0.1) is 5.82 Å². The highest BCUT2D eigenvalue weighted by molar-refractivity contribution is 9.10. The number of halogens is 2. The van der Waals surface area contributed by atoms with E-state index in [9.17, 15) is 9.18 Å². The van der Waals surface area contributed by atoms with Crippen molar-refractivity contribution in [3.05, 3.63) is 64.5 Å². The van der Waals surface area contributed by atoms with E-state index in [1.165, 1.54) is 18.2 Å². The molecule has 0 bridgehead atoms. The third-order valence-electron chi connectivity index (χ3n) is 3.67. The van der Waals surface area contributed by atoms with Crippen LogP contribution in [0.15, 0.2) is 53.1 Å². The zero-order valence-electron chi connectivity index (χ0n) is 12.6. The number of fused-ring (bicyclic) bond motifs is 1. The molecule has 0 aliphatic rings. The van der Waals surface area contributed by atoms with Crippen LogP contribution in [0.4, 0.5) is 10.1 Å². The SMILES string of the molecule is CCCn1ccc2cc(NC(=O)c3cc(F)ccc3Br)ccc21. The van der Waals surface area contributed by atoms with Crippen LogP contribution in [0.1, 0.15) is 23.7 Å². The molecule has 0 fully saturated rings. The van der Waals surface area contributed by atoms with E-state index in [1.807, 2.05) is 30.5 Å². The number of amides is 1. The summed E-state index contributed by atoms with van der Waals surface area (Å²) in [6.45, 7) is 3.10. The highest BCUT2D eigenvalue weighted by Gasteiger charge is 2.12. The molecule has 5 heteroatoms. The average Bonchev–Trinajstić information content (AvgIpc) is 2.92. The van der Waals surface area contributed by atoms with Crippen LogP contribution in [-0.4, -0.2) is 10.5 Å². The molecule has 1 amide bonds. The van der Waals surface area contributed by atoms with E-state index in [-0.39, 0.29) is 11.5 Å². The van der Waals surface area contributed by atoms with Crippen molar-refractivity contribution in [2.45, 2.75) is 19.9 Å². The number of rotatable bonds is 4. The van der Waals surface area contributed by atoms with Crippen molar-refractivity contribution in [2.75, 3.05) is 5.32 Å². The van der Waals surface area contributed by atoms with Crippen LogP contribution in [0.5, 0.6) is 0 Å². The van der Waals surface area contributed by atoms with E-state index in [2.05, 4.69) is 32.7 Å². The fourth-order valence-corrected chi connectivity index (χ4v) is 3.01. The minimum absolute atomic E-state index is 0.272. The van der Waals surface area contributed by atoms with Crippen LogP contribution in [0.3, 0.4) is 0 Å². The Labute approximate surface area is 142 Å². The first kappa shape index (κ1) is 15.7. The predicted octanol–water partition coefficient (Wildman–Crippen LogP) is 5.21. The highest BCUT2D eigenvalue weighted by Crippen LogP contribution is 2.23. The third-order valence-corrected chi connectivity index (χ3v) is 4.36. The van der Waals surface area contributed by atoms with Gasteiger partial charge in [0.2, 0.25) is 0 Å². The summed E-state index contributed by atoms with van der Waals surface area (Å²) >= 11 is 3.27. The number of nitrogens with one attached hydrogen (secondary N) is 1. The second kappa shape index (κ2) is 6.54. The van der Waals surface area contributed by atoms with Crippen molar-refractivity contribution in [3.8, 4) is 0 Å². The molecule has 3 aromatic rings. The number of nitrogens with zero attached hydrogens (tertiary/aromatic N) is 1. The number of carbonyl (C=O) groups excluding carboxylic acids is 1. The number of anilines is 1. The number of carbonyl (C=O) groups is 1. The lowest BCUT2D eigenvalue weighted by molar-refractivity contribution is 0.102. The first-order valence-corrected chi connectivity index (χ1v) is 8.23. The Kier molecular flexibility index (Phi) is 4.48. The summed E-state index contributed by atoms with van der Waals surface area (Å²) in [4.78, 5) is 12.3. The molecule has 2 aromatic carbocycles. The normalized spacial score (nSPS) is 10.9. The van der Waals surface area contributed by atoms with Gasteiger partial charge in [0.1, 0.15) is 5.82 Å². The first-order chi connectivity index (χ1) is 11.1. The Balaban J connectivity index is 1.86. The molecule has 3 rings (SSSR count). The van der Waals surface area contributed by atoms with Gasteiger partial charge in [-0.3, -0.25) is 4.79 Å². The van der Waals surface area contributed by atoms with Crippen molar-refractivity contribution in [1.29, 1.82) is 0 Å². The fraction of sp³-hybridized carbons (Fsp3) is 0.167. The molecule has 118 valence electrons. The monoisotopic (exact) mass is 374 g/mol. The molecule has 1 aromatic heterocycles. The minimum atomic E-state index is -0.439. The summed E-state index contributed by atoms with van der Waals surface area (Å²) in [7, 11) is 0. The van der Waals surface area contributed by atoms with Crippen LogP contribution in [-0.2, 0) is 6.54 Å². The molecule has 23 heavy (non-hydrogen) atoms. The van der Waals surface area contributed by atoms with E-state index in [0.717, 1.165) is 23.9 Å². The number of aryl methyl sites for hydroxylation is 1. The highest BCUT2D eigenvalue weighted by atomic mass is 79.9. The number of hydrogen-bond acceptors (Lipinski definition) is 1. The van der Waals surface area contributed by atoms with Crippen molar-refractivity contribution in [3.63, 3.8) is 0 Å². The van der Waals surface area contributed by atoms with E-state index in [1.54, 1.807) is 0 Å². The molecule has 0 radical (unpaired) electrons. The maximum Gasteiger partial charge on any atom is 0.256 e. The fourth-order valence-electron chi connectivity index (χ4n) is 2.58. The summed E-state index contributed by atoms with van der Waals surface area (Å²) in [5.41, 5.74) is 2.10. The number of hydrogen-bond donors (Lipinski definition) is 1. The van der Waals surface area contributed by atoms with Gasteiger partial charge in [-0.05, 0) is 64.8 Å². The minimum Gasteiger partial charge on any atom is -0.347 e. The molecule has 1 heterocycles. The molecule has 0 aliphatic carbocycles. The standard InChI is InChI=1S/C18H16BrFN2O/c1-2-8-22-9-7-12-10-14(4-6-17(12)22)21-18(23)15-11-13(20)3-5-16(15)19/h3-7,9-11H,2,8H2,1H3,(H,21,23). The summed E-state index contributed by atoms with van der Waals surface area (Å²) in [5.74, 6) is -0.783. The van der Waals surface area contributed by atoms with Crippen LogP contribution >= 0.6 is 15.9 Å². The van der Waals surface area contributed by atoms with Gasteiger partial charge in [0, 0.05) is 33.8 Å². The van der Waals surface area contributed by atoms with Gasteiger partial charge < -0.3 is 9.88 Å². The number of benzene rings is 2. The van der Waals surface area contributed by atoms with Gasteiger partial charge in [-0.2, -0.15) is 0 Å². The first-order valence-electron chi connectivity index (χ1n) is 7.44. The predicted molar refractivity (Wildman–Crippen MR) is 94.3 cm³/mol. The lowest BCUT2D eigenvalue weighted by Crippen LogP contribution is -2.12. The smallest absolute Gasteiger partial charge is 0.256 e. The van der Waals surface area contributed by atoms with Crippen LogP contribution < -0.4 is 5.32 Å². The molecular weight excluding hydrogens is 359 g/mol. The van der Waals surface area contributed by atoms with Crippen LogP contribution in [0.2, 0.25) is 0 Å². The largest absolute Gasteiger partial charge is 0.347 e. The molecule has 0 spiro atoms. The summed E-state index contributed by atoms with van der Waals surface area (Å²) in [6.07, 6.45) is 3.11. The summed E-state index contributed by atoms with van der Waals surface area (Å²) < 4.78 is 16.1. The van der Waals surface area contributed by atoms with Gasteiger partial charge in [0.15, 0.2) is 0 Å². The zero-order valence-corrected chi connectivity index (χ0v) is 14.2. The summed E-state index contributed by atoms with van der Waals surface area (Å²) in [6, 6.07) is 11.9. The Bertz CT molecular complexity index is 873. The van der Waals surface area contributed by atoms with E-state index in [4.69, 9.17) is 0 Å². The maximum absolute atomic E-state index is 13.3. The van der Waals surface area contributed by atoms with Gasteiger partial charge in [0.05, 0.1) is 5.56 Å². The van der Waals surface area contributed by atoms with Gasteiger partial charge in [0.25, 0.3) is 5.91 Å². The van der Waals surface area contributed by atoms with Gasteiger partial charge >= 0.3 is 0 Å². The molecule has 0 unspecified atom stereocenters. The maximum atomic E-state index is 13.3. The van der Waals surface area contributed by atoms with E-state index < -0.39 is 5.82 Å². The number of aromatic nitrogens is 1. The second-order valence-corrected chi connectivity index (χ2v) is 6.22.